The highest BCUT2D eigenvalue weighted by atomic mass is 79.9. The summed E-state index contributed by atoms with van der Waals surface area (Å²) >= 11 is 6.86. The van der Waals surface area contributed by atoms with Crippen molar-refractivity contribution in [3.05, 3.63) is 39.0 Å². The molecule has 0 radical (unpaired) electrons. The molecule has 0 fully saturated rings. The zero-order valence-corrected chi connectivity index (χ0v) is 13.3. The molecule has 7 heteroatoms. The van der Waals surface area contributed by atoms with Gasteiger partial charge in [0.15, 0.2) is 0 Å². The summed E-state index contributed by atoms with van der Waals surface area (Å²) in [4.78, 5) is 11.9. The van der Waals surface area contributed by atoms with E-state index in [0.717, 1.165) is 14.5 Å². The van der Waals surface area contributed by atoms with Crippen molar-refractivity contribution < 1.29 is 4.79 Å². The maximum atomic E-state index is 11.9. The quantitative estimate of drug-likeness (QED) is 0.850. The van der Waals surface area contributed by atoms with Gasteiger partial charge in [0.2, 0.25) is 5.91 Å². The van der Waals surface area contributed by atoms with Crippen LogP contribution in [0, 0.1) is 6.92 Å². The SMILES string of the molecule is Cc1cc(Br)c(NC(=O)Cn2cc(N)cn2)c(Br)c1. The fraction of sp³-hybridized carbons (Fsp3) is 0.167. The maximum Gasteiger partial charge on any atom is 0.246 e. The van der Waals surface area contributed by atoms with Crippen LogP contribution < -0.4 is 11.1 Å². The fourth-order valence-electron chi connectivity index (χ4n) is 1.61. The minimum atomic E-state index is -0.173. The van der Waals surface area contributed by atoms with Gasteiger partial charge in [-0.25, -0.2) is 0 Å². The van der Waals surface area contributed by atoms with Gasteiger partial charge in [0.25, 0.3) is 0 Å². The largest absolute Gasteiger partial charge is 0.396 e. The van der Waals surface area contributed by atoms with Crippen LogP contribution in [0.25, 0.3) is 0 Å². The average Bonchev–Trinajstić information content (AvgIpc) is 2.69. The average molecular weight is 388 g/mol. The Morgan fingerprint density at radius 3 is 2.58 bits per heavy atom. The number of rotatable bonds is 3. The standard InChI is InChI=1S/C12H12Br2N4O/c1-7-2-9(13)12(10(14)3-7)17-11(19)6-18-5-8(15)4-16-18/h2-5H,6,15H2,1H3,(H,17,19). The number of nitrogens with two attached hydrogens (primary N) is 1. The third-order valence-corrected chi connectivity index (χ3v) is 3.66. The number of halogens is 2. The van der Waals surface area contributed by atoms with Gasteiger partial charge in [-0.15, -0.1) is 0 Å². The molecule has 3 N–H and O–H groups in total. The van der Waals surface area contributed by atoms with Gasteiger partial charge < -0.3 is 11.1 Å². The second kappa shape index (κ2) is 5.75. The number of benzene rings is 1. The van der Waals surface area contributed by atoms with Crippen LogP contribution in [0.5, 0.6) is 0 Å². The monoisotopic (exact) mass is 386 g/mol. The lowest BCUT2D eigenvalue weighted by Gasteiger charge is -2.10. The van der Waals surface area contributed by atoms with E-state index in [9.17, 15) is 4.79 Å². The number of hydrogen-bond acceptors (Lipinski definition) is 3. The van der Waals surface area contributed by atoms with Crippen LogP contribution in [0.15, 0.2) is 33.5 Å². The highest BCUT2D eigenvalue weighted by molar-refractivity contribution is 9.11. The molecular weight excluding hydrogens is 376 g/mol. The molecule has 5 nitrogen and oxygen atoms in total. The second-order valence-electron chi connectivity index (χ2n) is 4.12. The van der Waals surface area contributed by atoms with E-state index in [1.165, 1.54) is 10.9 Å². The summed E-state index contributed by atoms with van der Waals surface area (Å²) in [6.45, 7) is 2.09. The summed E-state index contributed by atoms with van der Waals surface area (Å²) in [6.07, 6.45) is 3.11. The highest BCUT2D eigenvalue weighted by Gasteiger charge is 2.11. The lowest BCUT2D eigenvalue weighted by Crippen LogP contribution is -2.19. The predicted molar refractivity (Wildman–Crippen MR) is 81.8 cm³/mol. The van der Waals surface area contributed by atoms with E-state index in [4.69, 9.17) is 5.73 Å². The number of nitrogens with zero attached hydrogens (tertiary/aromatic N) is 2. The predicted octanol–water partition coefficient (Wildman–Crippen LogP) is 2.94. The second-order valence-corrected chi connectivity index (χ2v) is 5.83. The first-order chi connectivity index (χ1) is 8.95. The molecule has 100 valence electrons. The molecule has 0 saturated heterocycles. The van der Waals surface area contributed by atoms with Gasteiger partial charge in [0.1, 0.15) is 6.54 Å². The van der Waals surface area contributed by atoms with Crippen molar-refractivity contribution in [1.82, 2.24) is 9.78 Å². The van der Waals surface area contributed by atoms with Crippen LogP contribution in [0.3, 0.4) is 0 Å². The fourth-order valence-corrected chi connectivity index (χ4v) is 3.23. The Morgan fingerprint density at radius 1 is 1.42 bits per heavy atom. The summed E-state index contributed by atoms with van der Waals surface area (Å²) in [5.41, 5.74) is 7.87. The lowest BCUT2D eigenvalue weighted by molar-refractivity contribution is -0.116. The number of nitrogen functional groups attached to an aromatic ring is 1. The molecular formula is C12H12Br2N4O. The number of nitrogens with one attached hydrogen (secondary N) is 1. The van der Waals surface area contributed by atoms with Crippen LogP contribution in [-0.4, -0.2) is 15.7 Å². The molecule has 19 heavy (non-hydrogen) atoms. The Kier molecular flexibility index (Phi) is 4.26. The molecule has 0 spiro atoms. The van der Waals surface area contributed by atoms with E-state index in [1.807, 2.05) is 19.1 Å². The minimum absolute atomic E-state index is 0.115. The summed E-state index contributed by atoms with van der Waals surface area (Å²) in [6, 6.07) is 3.87. The summed E-state index contributed by atoms with van der Waals surface area (Å²) in [7, 11) is 0. The first-order valence-electron chi connectivity index (χ1n) is 5.49. The molecule has 1 aromatic carbocycles. The Hall–Kier alpha value is -1.34. The van der Waals surface area contributed by atoms with E-state index in [0.29, 0.717) is 11.4 Å². The van der Waals surface area contributed by atoms with Crippen molar-refractivity contribution in [2.24, 2.45) is 0 Å². The molecule has 0 saturated carbocycles. The van der Waals surface area contributed by atoms with E-state index in [-0.39, 0.29) is 12.5 Å². The third kappa shape index (κ3) is 3.57. The molecule has 2 aromatic rings. The Bertz CT molecular complexity index is 601. The van der Waals surface area contributed by atoms with Crippen molar-refractivity contribution in [2.75, 3.05) is 11.1 Å². The third-order valence-electron chi connectivity index (χ3n) is 2.41. The zero-order valence-electron chi connectivity index (χ0n) is 10.2. The van der Waals surface area contributed by atoms with Gasteiger partial charge in [-0.1, -0.05) is 0 Å². The number of anilines is 2. The van der Waals surface area contributed by atoms with E-state index < -0.39 is 0 Å². The number of carbonyl (C=O) groups excluding carboxylic acids is 1. The van der Waals surface area contributed by atoms with Crippen molar-refractivity contribution in [3.8, 4) is 0 Å². The summed E-state index contributed by atoms with van der Waals surface area (Å²) in [5.74, 6) is -0.173. The van der Waals surface area contributed by atoms with Gasteiger partial charge >= 0.3 is 0 Å². The van der Waals surface area contributed by atoms with Crippen LogP contribution in [0.2, 0.25) is 0 Å². The molecule has 2 rings (SSSR count). The smallest absolute Gasteiger partial charge is 0.246 e. The van der Waals surface area contributed by atoms with Gasteiger partial charge in [-0.05, 0) is 56.5 Å². The van der Waals surface area contributed by atoms with Crippen molar-refractivity contribution >= 4 is 49.1 Å². The Labute approximate surface area is 127 Å². The van der Waals surface area contributed by atoms with E-state index >= 15 is 0 Å². The van der Waals surface area contributed by atoms with E-state index in [2.05, 4.69) is 42.3 Å². The van der Waals surface area contributed by atoms with Crippen LogP contribution in [0.4, 0.5) is 11.4 Å². The molecule has 1 heterocycles. The Balaban J connectivity index is 2.11. The number of amides is 1. The van der Waals surface area contributed by atoms with Crippen molar-refractivity contribution in [2.45, 2.75) is 13.5 Å². The lowest BCUT2D eigenvalue weighted by atomic mass is 10.2. The first-order valence-corrected chi connectivity index (χ1v) is 7.07. The van der Waals surface area contributed by atoms with Gasteiger partial charge in [0, 0.05) is 15.1 Å². The molecule has 0 atom stereocenters. The molecule has 0 unspecified atom stereocenters. The number of aryl methyl sites for hydroxylation is 1. The van der Waals surface area contributed by atoms with Crippen molar-refractivity contribution in [3.63, 3.8) is 0 Å². The summed E-state index contributed by atoms with van der Waals surface area (Å²) < 4.78 is 3.14. The molecule has 0 aliphatic carbocycles. The number of aromatic nitrogens is 2. The van der Waals surface area contributed by atoms with Gasteiger partial charge in [0.05, 0.1) is 17.6 Å². The first kappa shape index (κ1) is 14.1. The zero-order chi connectivity index (χ0) is 14.0. The highest BCUT2D eigenvalue weighted by Crippen LogP contribution is 2.32. The van der Waals surface area contributed by atoms with Crippen LogP contribution in [-0.2, 0) is 11.3 Å². The van der Waals surface area contributed by atoms with Crippen LogP contribution >= 0.6 is 31.9 Å². The maximum absolute atomic E-state index is 11.9. The number of carbonyl (C=O) groups is 1. The Morgan fingerprint density at radius 2 is 2.05 bits per heavy atom. The van der Waals surface area contributed by atoms with Gasteiger partial charge in [-0.2, -0.15) is 5.10 Å². The number of hydrogen-bond donors (Lipinski definition) is 2. The molecule has 0 aliphatic rings. The van der Waals surface area contributed by atoms with Crippen LogP contribution in [0.1, 0.15) is 5.56 Å². The topological polar surface area (TPSA) is 72.9 Å². The molecule has 0 aliphatic heterocycles. The normalized spacial score (nSPS) is 10.5. The molecule has 1 aromatic heterocycles. The van der Waals surface area contributed by atoms with E-state index in [1.54, 1.807) is 6.20 Å². The minimum Gasteiger partial charge on any atom is -0.396 e. The van der Waals surface area contributed by atoms with Crippen molar-refractivity contribution in [1.29, 1.82) is 0 Å². The molecule has 0 bridgehead atoms. The summed E-state index contributed by atoms with van der Waals surface area (Å²) in [5, 5.41) is 6.79. The molecule has 1 amide bonds. The van der Waals surface area contributed by atoms with Gasteiger partial charge in [-0.3, -0.25) is 9.48 Å².